The van der Waals surface area contributed by atoms with Crippen LogP contribution < -0.4 is 10.0 Å². The summed E-state index contributed by atoms with van der Waals surface area (Å²) in [6.45, 7) is 5.83. The lowest BCUT2D eigenvalue weighted by Gasteiger charge is -2.16. The smallest absolute Gasteiger partial charge is 0.263 e. The summed E-state index contributed by atoms with van der Waals surface area (Å²) in [5.41, 5.74) is 1.07. The molecule has 2 heterocycles. The van der Waals surface area contributed by atoms with Gasteiger partial charge in [-0.05, 0) is 44.0 Å². The van der Waals surface area contributed by atoms with Crippen molar-refractivity contribution in [2.75, 3.05) is 4.72 Å². The van der Waals surface area contributed by atoms with E-state index in [4.69, 9.17) is 0 Å². The number of carbonyl (C=O) groups excluding carboxylic acids is 1. The van der Waals surface area contributed by atoms with Crippen LogP contribution in [-0.2, 0) is 10.0 Å². The number of hydrogen-bond donors (Lipinski definition) is 2. The van der Waals surface area contributed by atoms with Gasteiger partial charge in [0.2, 0.25) is 0 Å². The first-order valence-electron chi connectivity index (χ1n) is 9.75. The summed E-state index contributed by atoms with van der Waals surface area (Å²) in [5, 5.41) is 7.15. The number of pyridine rings is 1. The van der Waals surface area contributed by atoms with E-state index in [2.05, 4.69) is 20.1 Å². The van der Waals surface area contributed by atoms with Crippen molar-refractivity contribution in [3.05, 3.63) is 66.0 Å². The summed E-state index contributed by atoms with van der Waals surface area (Å²) in [7, 11) is -3.94. The Morgan fingerprint density at radius 2 is 1.80 bits per heavy atom. The first kappa shape index (κ1) is 21.5. The Hall–Kier alpha value is -3.20. The average Bonchev–Trinajstić information content (AvgIpc) is 3.15. The molecule has 30 heavy (non-hydrogen) atoms. The van der Waals surface area contributed by atoms with Crippen molar-refractivity contribution in [3.63, 3.8) is 0 Å². The van der Waals surface area contributed by atoms with E-state index in [9.17, 15) is 13.2 Å². The van der Waals surface area contributed by atoms with Gasteiger partial charge in [-0.25, -0.2) is 13.4 Å². The number of anilines is 1. The normalized spacial score (nSPS) is 11.5. The Bertz CT molecular complexity index is 1110. The Morgan fingerprint density at radius 1 is 1.10 bits per heavy atom. The van der Waals surface area contributed by atoms with Gasteiger partial charge in [-0.15, -0.1) is 0 Å². The maximum Gasteiger partial charge on any atom is 0.263 e. The second kappa shape index (κ2) is 9.08. The summed E-state index contributed by atoms with van der Waals surface area (Å²) < 4.78 is 29.8. The molecule has 8 nitrogen and oxygen atoms in total. The zero-order valence-corrected chi connectivity index (χ0v) is 18.0. The molecule has 3 rings (SSSR count). The number of aryl methyl sites for hydroxylation is 1. The van der Waals surface area contributed by atoms with Crippen molar-refractivity contribution in [1.29, 1.82) is 0 Å². The quantitative estimate of drug-likeness (QED) is 0.574. The standard InChI is InChI=1S/C21H25N5O3S/c1-4-16(5-2)24-21(27)18-14-23-26(19-8-6-7-13-22-19)20(18)25-30(28,29)17-11-9-15(3)10-12-17/h6-14,16,25H,4-5H2,1-3H3,(H,24,27). The van der Waals surface area contributed by atoms with E-state index < -0.39 is 15.9 Å². The van der Waals surface area contributed by atoms with Crippen LogP contribution in [0.2, 0.25) is 0 Å². The van der Waals surface area contributed by atoms with Crippen LogP contribution in [0.15, 0.2) is 59.8 Å². The van der Waals surface area contributed by atoms with Crippen molar-refractivity contribution < 1.29 is 13.2 Å². The van der Waals surface area contributed by atoms with Crippen molar-refractivity contribution in [1.82, 2.24) is 20.1 Å². The molecule has 158 valence electrons. The van der Waals surface area contributed by atoms with Crippen LogP contribution in [0.3, 0.4) is 0 Å². The zero-order chi connectivity index (χ0) is 21.7. The molecule has 0 aliphatic heterocycles. The van der Waals surface area contributed by atoms with Gasteiger partial charge >= 0.3 is 0 Å². The van der Waals surface area contributed by atoms with Crippen molar-refractivity contribution >= 4 is 21.7 Å². The van der Waals surface area contributed by atoms with Crippen LogP contribution in [0.25, 0.3) is 5.82 Å². The number of benzene rings is 1. The third-order valence-corrected chi connectivity index (χ3v) is 6.12. The van der Waals surface area contributed by atoms with Crippen LogP contribution in [0.4, 0.5) is 5.82 Å². The highest BCUT2D eigenvalue weighted by molar-refractivity contribution is 7.92. The number of rotatable bonds is 8. The minimum absolute atomic E-state index is 0.0164. The van der Waals surface area contributed by atoms with Crippen LogP contribution in [0, 0.1) is 6.92 Å². The average molecular weight is 428 g/mol. The van der Waals surface area contributed by atoms with E-state index in [1.165, 1.54) is 23.0 Å². The SMILES string of the molecule is CCC(CC)NC(=O)c1cnn(-c2ccccn2)c1NS(=O)(=O)c1ccc(C)cc1. The van der Waals surface area contributed by atoms with E-state index in [1.54, 1.807) is 36.5 Å². The molecule has 0 atom stereocenters. The van der Waals surface area contributed by atoms with Crippen molar-refractivity contribution in [2.24, 2.45) is 0 Å². The lowest BCUT2D eigenvalue weighted by atomic mass is 10.1. The molecule has 1 aromatic carbocycles. The second-order valence-corrected chi connectivity index (χ2v) is 8.59. The van der Waals surface area contributed by atoms with E-state index >= 15 is 0 Å². The third-order valence-electron chi connectivity index (χ3n) is 4.76. The fourth-order valence-electron chi connectivity index (χ4n) is 2.93. The van der Waals surface area contributed by atoms with Gasteiger partial charge in [0.25, 0.3) is 15.9 Å². The van der Waals surface area contributed by atoms with Crippen LogP contribution in [-0.4, -0.2) is 35.1 Å². The third kappa shape index (κ3) is 4.68. The summed E-state index contributed by atoms with van der Waals surface area (Å²) in [6.07, 6.45) is 4.45. The molecule has 0 unspecified atom stereocenters. The summed E-state index contributed by atoms with van der Waals surface area (Å²) in [6, 6.07) is 11.6. The molecule has 9 heteroatoms. The van der Waals surface area contributed by atoms with Crippen molar-refractivity contribution in [2.45, 2.75) is 44.6 Å². The molecular weight excluding hydrogens is 402 g/mol. The summed E-state index contributed by atoms with van der Waals surface area (Å²) >= 11 is 0. The highest BCUT2D eigenvalue weighted by Gasteiger charge is 2.25. The molecule has 0 fully saturated rings. The van der Waals surface area contributed by atoms with Gasteiger partial charge in [0.05, 0.1) is 11.1 Å². The summed E-state index contributed by atoms with van der Waals surface area (Å²) in [4.78, 5) is 17.2. The first-order valence-corrected chi connectivity index (χ1v) is 11.2. The highest BCUT2D eigenvalue weighted by Crippen LogP contribution is 2.23. The number of nitrogens with zero attached hydrogens (tertiary/aromatic N) is 3. The Balaban J connectivity index is 2.04. The van der Waals surface area contributed by atoms with Crippen molar-refractivity contribution in [3.8, 4) is 5.82 Å². The molecule has 3 aromatic rings. The predicted molar refractivity (Wildman–Crippen MR) is 115 cm³/mol. The molecule has 0 bridgehead atoms. The topological polar surface area (TPSA) is 106 Å². The maximum absolute atomic E-state index is 13.0. The van der Waals surface area contributed by atoms with E-state index in [1.807, 2.05) is 20.8 Å². The molecule has 2 N–H and O–H groups in total. The zero-order valence-electron chi connectivity index (χ0n) is 17.2. The molecule has 0 saturated heterocycles. The van der Waals surface area contributed by atoms with E-state index in [0.29, 0.717) is 5.82 Å². The maximum atomic E-state index is 13.0. The second-order valence-electron chi connectivity index (χ2n) is 6.91. The summed E-state index contributed by atoms with van der Waals surface area (Å²) in [5.74, 6) is 0.0332. The number of nitrogens with one attached hydrogen (secondary N) is 2. The van der Waals surface area contributed by atoms with Crippen LogP contribution in [0.1, 0.15) is 42.6 Å². The lowest BCUT2D eigenvalue weighted by molar-refractivity contribution is 0.0936. The van der Waals surface area contributed by atoms with Gasteiger partial charge in [0.15, 0.2) is 11.6 Å². The Labute approximate surface area is 176 Å². The molecule has 0 spiro atoms. The number of hydrogen-bond acceptors (Lipinski definition) is 5. The van der Waals surface area contributed by atoms with E-state index in [-0.39, 0.29) is 22.3 Å². The lowest BCUT2D eigenvalue weighted by Crippen LogP contribution is -2.34. The molecule has 0 aliphatic carbocycles. The van der Waals surface area contributed by atoms with Gasteiger partial charge in [0, 0.05) is 12.2 Å². The van der Waals surface area contributed by atoms with Gasteiger partial charge in [-0.1, -0.05) is 37.6 Å². The largest absolute Gasteiger partial charge is 0.349 e. The molecule has 1 amide bonds. The minimum atomic E-state index is -3.94. The van der Waals surface area contributed by atoms with Gasteiger partial charge in [-0.2, -0.15) is 9.78 Å². The Morgan fingerprint density at radius 3 is 2.40 bits per heavy atom. The molecule has 2 aromatic heterocycles. The monoisotopic (exact) mass is 427 g/mol. The number of sulfonamides is 1. The number of aromatic nitrogens is 3. The van der Waals surface area contributed by atoms with E-state index in [0.717, 1.165) is 18.4 Å². The first-order chi connectivity index (χ1) is 14.4. The fourth-order valence-corrected chi connectivity index (χ4v) is 3.99. The molecular formula is C21H25N5O3S. The number of carbonyl (C=O) groups is 1. The van der Waals surface area contributed by atoms with Gasteiger partial charge in [-0.3, -0.25) is 9.52 Å². The Kier molecular flexibility index (Phi) is 6.51. The fraction of sp³-hybridized carbons (Fsp3) is 0.286. The van der Waals surface area contributed by atoms with Crippen LogP contribution in [0.5, 0.6) is 0 Å². The van der Waals surface area contributed by atoms with Gasteiger partial charge < -0.3 is 5.32 Å². The molecule has 0 saturated carbocycles. The molecule has 0 radical (unpaired) electrons. The highest BCUT2D eigenvalue weighted by atomic mass is 32.2. The van der Waals surface area contributed by atoms with Crippen LogP contribution >= 0.6 is 0 Å². The number of amides is 1. The predicted octanol–water partition coefficient (Wildman–Crippen LogP) is 3.29. The van der Waals surface area contributed by atoms with Gasteiger partial charge in [0.1, 0.15) is 5.56 Å². The minimum Gasteiger partial charge on any atom is -0.349 e. The molecule has 0 aliphatic rings.